The molecule has 0 spiro atoms. The van der Waals surface area contributed by atoms with E-state index < -0.39 is 5.97 Å². The highest BCUT2D eigenvalue weighted by molar-refractivity contribution is 5.74. The lowest BCUT2D eigenvalue weighted by Gasteiger charge is -2.32. The van der Waals surface area contributed by atoms with Gasteiger partial charge >= 0.3 is 5.97 Å². The van der Waals surface area contributed by atoms with E-state index in [4.69, 9.17) is 4.74 Å². The topological polar surface area (TPSA) is 49.8 Å². The van der Waals surface area contributed by atoms with Crippen molar-refractivity contribution in [1.82, 2.24) is 4.90 Å². The Balaban J connectivity index is 1.51. The third-order valence-electron chi connectivity index (χ3n) is 5.08. The fourth-order valence-corrected chi connectivity index (χ4v) is 4.07. The highest BCUT2D eigenvalue weighted by Gasteiger charge is 2.44. The molecule has 1 N–H and O–H groups in total. The van der Waals surface area contributed by atoms with Crippen LogP contribution < -0.4 is 4.74 Å². The van der Waals surface area contributed by atoms with Crippen LogP contribution in [0.1, 0.15) is 38.5 Å². The Morgan fingerprint density at radius 2 is 2.00 bits per heavy atom. The van der Waals surface area contributed by atoms with Crippen molar-refractivity contribution in [2.75, 3.05) is 13.2 Å². The zero-order valence-corrected chi connectivity index (χ0v) is 13.0. The van der Waals surface area contributed by atoms with Crippen molar-refractivity contribution in [1.29, 1.82) is 0 Å². The van der Waals surface area contributed by atoms with Gasteiger partial charge in [0.1, 0.15) is 11.8 Å². The molecule has 1 saturated carbocycles. The largest absolute Gasteiger partial charge is 0.494 e. The summed E-state index contributed by atoms with van der Waals surface area (Å²) in [5, 5.41) is 9.49. The molecule has 1 saturated heterocycles. The summed E-state index contributed by atoms with van der Waals surface area (Å²) < 4.78 is 5.72. The Bertz CT molecular complexity index is 490. The number of fused-ring (bicyclic) bond motifs is 1. The van der Waals surface area contributed by atoms with E-state index in [1.54, 1.807) is 0 Å². The van der Waals surface area contributed by atoms with Crippen LogP contribution in [0.25, 0.3) is 0 Å². The number of carboxylic acid groups (broad SMARTS) is 1. The van der Waals surface area contributed by atoms with Crippen molar-refractivity contribution in [3.05, 3.63) is 30.3 Å². The standard InChI is InChI=1S/C18H25NO3/c20-18(21)17-13-14-7-4-5-10-16(14)19(17)11-6-12-22-15-8-2-1-3-9-15/h1-3,8-9,14,16-17H,4-7,10-13H2,(H,20,21). The fourth-order valence-electron chi connectivity index (χ4n) is 4.07. The number of ether oxygens (including phenoxy) is 1. The molecule has 1 heterocycles. The molecule has 0 bridgehead atoms. The number of rotatable bonds is 6. The van der Waals surface area contributed by atoms with Gasteiger partial charge in [0.25, 0.3) is 0 Å². The number of carbonyl (C=O) groups is 1. The Hall–Kier alpha value is -1.55. The molecular weight excluding hydrogens is 278 g/mol. The number of nitrogens with zero attached hydrogens (tertiary/aromatic N) is 1. The summed E-state index contributed by atoms with van der Waals surface area (Å²) in [5.74, 6) is 0.817. The minimum atomic E-state index is -0.654. The van der Waals surface area contributed by atoms with E-state index in [1.165, 1.54) is 19.3 Å². The van der Waals surface area contributed by atoms with Crippen LogP contribution in [0.5, 0.6) is 5.75 Å². The molecule has 0 radical (unpaired) electrons. The molecule has 1 aliphatic carbocycles. The molecule has 1 aliphatic heterocycles. The zero-order chi connectivity index (χ0) is 15.4. The highest BCUT2D eigenvalue weighted by atomic mass is 16.5. The third kappa shape index (κ3) is 3.43. The van der Waals surface area contributed by atoms with Crippen LogP contribution in [0.3, 0.4) is 0 Å². The lowest BCUT2D eigenvalue weighted by atomic mass is 9.85. The molecule has 3 rings (SSSR count). The average molecular weight is 303 g/mol. The number of hydrogen-bond donors (Lipinski definition) is 1. The van der Waals surface area contributed by atoms with Gasteiger partial charge in [0.15, 0.2) is 0 Å². The first-order chi connectivity index (χ1) is 10.8. The molecule has 4 heteroatoms. The predicted octanol–water partition coefficient (Wildman–Crippen LogP) is 3.17. The Morgan fingerprint density at radius 1 is 1.23 bits per heavy atom. The maximum Gasteiger partial charge on any atom is 0.320 e. The van der Waals surface area contributed by atoms with E-state index in [0.717, 1.165) is 31.6 Å². The molecular formula is C18H25NO3. The second-order valence-corrected chi connectivity index (χ2v) is 6.45. The van der Waals surface area contributed by atoms with Crippen LogP contribution in [0, 0.1) is 5.92 Å². The minimum absolute atomic E-state index is 0.287. The first kappa shape index (κ1) is 15.3. The summed E-state index contributed by atoms with van der Waals surface area (Å²) in [6, 6.07) is 9.99. The number of likely N-dealkylation sites (tertiary alicyclic amines) is 1. The van der Waals surface area contributed by atoms with Gasteiger partial charge in [0, 0.05) is 12.6 Å². The number of benzene rings is 1. The molecule has 4 nitrogen and oxygen atoms in total. The maximum absolute atomic E-state index is 11.5. The van der Waals surface area contributed by atoms with Crippen LogP contribution in [-0.4, -0.2) is 41.2 Å². The minimum Gasteiger partial charge on any atom is -0.494 e. The molecule has 120 valence electrons. The summed E-state index contributed by atoms with van der Waals surface area (Å²) >= 11 is 0. The first-order valence-electron chi connectivity index (χ1n) is 8.42. The van der Waals surface area contributed by atoms with E-state index in [9.17, 15) is 9.90 Å². The number of carboxylic acids is 1. The van der Waals surface area contributed by atoms with Crippen LogP contribution in [0.15, 0.2) is 30.3 Å². The summed E-state index contributed by atoms with van der Waals surface area (Å²) in [6.45, 7) is 1.47. The van der Waals surface area contributed by atoms with Crippen molar-refractivity contribution in [2.24, 2.45) is 5.92 Å². The van der Waals surface area contributed by atoms with Gasteiger partial charge < -0.3 is 9.84 Å². The first-order valence-corrected chi connectivity index (χ1v) is 8.42. The SMILES string of the molecule is O=C(O)C1CC2CCCCC2N1CCCOc1ccccc1. The van der Waals surface area contributed by atoms with Gasteiger partial charge in [-0.1, -0.05) is 31.0 Å². The van der Waals surface area contributed by atoms with Crippen LogP contribution in [0.4, 0.5) is 0 Å². The lowest BCUT2D eigenvalue weighted by Crippen LogP contribution is -2.43. The van der Waals surface area contributed by atoms with E-state index in [1.807, 2.05) is 30.3 Å². The lowest BCUT2D eigenvalue weighted by molar-refractivity contribution is -0.142. The molecule has 1 aromatic carbocycles. The van der Waals surface area contributed by atoms with Crippen molar-refractivity contribution in [3.63, 3.8) is 0 Å². The quantitative estimate of drug-likeness (QED) is 0.820. The van der Waals surface area contributed by atoms with Gasteiger partial charge in [-0.15, -0.1) is 0 Å². The van der Waals surface area contributed by atoms with E-state index in [2.05, 4.69) is 4.90 Å². The maximum atomic E-state index is 11.5. The van der Waals surface area contributed by atoms with Crippen molar-refractivity contribution < 1.29 is 14.6 Å². The monoisotopic (exact) mass is 303 g/mol. The second kappa shape index (κ2) is 7.14. The van der Waals surface area contributed by atoms with E-state index in [0.29, 0.717) is 18.6 Å². The third-order valence-corrected chi connectivity index (χ3v) is 5.08. The van der Waals surface area contributed by atoms with Gasteiger partial charge in [-0.25, -0.2) is 0 Å². The Morgan fingerprint density at radius 3 is 2.77 bits per heavy atom. The molecule has 22 heavy (non-hydrogen) atoms. The number of para-hydroxylation sites is 1. The van der Waals surface area contributed by atoms with Crippen LogP contribution in [0.2, 0.25) is 0 Å². The van der Waals surface area contributed by atoms with Gasteiger partial charge in [-0.2, -0.15) is 0 Å². The molecule has 3 unspecified atom stereocenters. The molecule has 0 amide bonds. The predicted molar refractivity (Wildman–Crippen MR) is 85.0 cm³/mol. The number of aliphatic carboxylic acids is 1. The fraction of sp³-hybridized carbons (Fsp3) is 0.611. The van der Waals surface area contributed by atoms with E-state index >= 15 is 0 Å². The van der Waals surface area contributed by atoms with Gasteiger partial charge in [-0.3, -0.25) is 9.69 Å². The molecule has 3 atom stereocenters. The molecule has 0 aromatic heterocycles. The summed E-state index contributed by atoms with van der Waals surface area (Å²) in [5.41, 5.74) is 0. The highest BCUT2D eigenvalue weighted by Crippen LogP contribution is 2.39. The Labute approximate surface area is 132 Å². The van der Waals surface area contributed by atoms with Crippen LogP contribution >= 0.6 is 0 Å². The van der Waals surface area contributed by atoms with Crippen molar-refractivity contribution in [2.45, 2.75) is 50.6 Å². The summed E-state index contributed by atoms with van der Waals surface area (Å²) in [4.78, 5) is 13.8. The average Bonchev–Trinajstić information content (AvgIpc) is 2.92. The zero-order valence-electron chi connectivity index (χ0n) is 13.0. The van der Waals surface area contributed by atoms with Gasteiger partial charge in [0.05, 0.1) is 6.61 Å². The number of hydrogen-bond acceptors (Lipinski definition) is 3. The molecule has 2 aliphatic rings. The Kier molecular flexibility index (Phi) is 4.98. The van der Waals surface area contributed by atoms with Crippen LogP contribution in [-0.2, 0) is 4.79 Å². The smallest absolute Gasteiger partial charge is 0.320 e. The van der Waals surface area contributed by atoms with Crippen molar-refractivity contribution in [3.8, 4) is 5.75 Å². The molecule has 2 fully saturated rings. The van der Waals surface area contributed by atoms with Gasteiger partial charge in [-0.05, 0) is 43.7 Å². The second-order valence-electron chi connectivity index (χ2n) is 6.45. The van der Waals surface area contributed by atoms with Crippen molar-refractivity contribution >= 4 is 5.97 Å². The summed E-state index contributed by atoms with van der Waals surface area (Å²) in [7, 11) is 0. The normalized spacial score (nSPS) is 28.3. The van der Waals surface area contributed by atoms with Gasteiger partial charge in [0.2, 0.25) is 0 Å². The van der Waals surface area contributed by atoms with E-state index in [-0.39, 0.29) is 6.04 Å². The summed E-state index contributed by atoms with van der Waals surface area (Å²) in [6.07, 6.45) is 6.57. The molecule has 1 aromatic rings.